The van der Waals surface area contributed by atoms with Crippen molar-refractivity contribution in [1.29, 1.82) is 0 Å². The van der Waals surface area contributed by atoms with E-state index in [1.54, 1.807) is 24.4 Å². The molecule has 0 unspecified atom stereocenters. The first-order valence-corrected chi connectivity index (χ1v) is 11.6. The first kappa shape index (κ1) is 20.0. The third kappa shape index (κ3) is 4.19. The predicted molar refractivity (Wildman–Crippen MR) is 116 cm³/mol. The fourth-order valence-corrected chi connectivity index (χ4v) is 5.33. The zero-order valence-corrected chi connectivity index (χ0v) is 18.0. The number of carbonyl (C=O) groups is 1. The number of hydrogen-bond acceptors (Lipinski definition) is 4. The van der Waals surface area contributed by atoms with E-state index < -0.39 is 10.0 Å². The number of fused-ring (bicyclic) bond motifs is 1. The highest BCUT2D eigenvalue weighted by molar-refractivity contribution is 9.10. The van der Waals surface area contributed by atoms with E-state index in [-0.39, 0.29) is 10.8 Å². The van der Waals surface area contributed by atoms with Crippen molar-refractivity contribution in [2.75, 3.05) is 18.4 Å². The highest BCUT2D eigenvalue weighted by Crippen LogP contribution is 2.26. The second-order valence-electron chi connectivity index (χ2n) is 6.96. The molecule has 2 aromatic carbocycles. The van der Waals surface area contributed by atoms with E-state index in [0.717, 1.165) is 34.6 Å². The van der Waals surface area contributed by atoms with Crippen molar-refractivity contribution in [3.63, 3.8) is 0 Å². The fraction of sp³-hybridized carbons (Fsp3) is 0.238. The highest BCUT2D eigenvalue weighted by Gasteiger charge is 2.26. The number of hydrogen-bond donors (Lipinski definition) is 1. The molecular formula is C21H20BrN3O3S. The number of sulfonamides is 1. The molecule has 1 fully saturated rings. The van der Waals surface area contributed by atoms with Crippen LogP contribution < -0.4 is 5.32 Å². The van der Waals surface area contributed by atoms with Crippen LogP contribution in [0.1, 0.15) is 29.6 Å². The number of aromatic nitrogens is 1. The Balaban J connectivity index is 1.55. The largest absolute Gasteiger partial charge is 0.321 e. The molecule has 0 radical (unpaired) electrons. The van der Waals surface area contributed by atoms with E-state index in [0.29, 0.717) is 24.3 Å². The van der Waals surface area contributed by atoms with Crippen molar-refractivity contribution in [3.8, 4) is 0 Å². The number of nitrogens with zero attached hydrogens (tertiary/aromatic N) is 2. The molecule has 1 aliphatic rings. The summed E-state index contributed by atoms with van der Waals surface area (Å²) in [6.07, 6.45) is 4.47. The van der Waals surface area contributed by atoms with Gasteiger partial charge in [-0.05, 0) is 61.4 Å². The number of benzene rings is 2. The number of nitrogens with one attached hydrogen (secondary N) is 1. The van der Waals surface area contributed by atoms with Gasteiger partial charge in [-0.25, -0.2) is 8.42 Å². The third-order valence-electron chi connectivity index (χ3n) is 5.02. The molecule has 1 aromatic heterocycles. The molecule has 8 heteroatoms. The molecule has 6 nitrogen and oxygen atoms in total. The maximum Gasteiger partial charge on any atom is 0.255 e. The molecule has 1 aliphatic heterocycles. The van der Waals surface area contributed by atoms with Gasteiger partial charge in [0.1, 0.15) is 0 Å². The Morgan fingerprint density at radius 2 is 1.72 bits per heavy atom. The van der Waals surface area contributed by atoms with Crippen molar-refractivity contribution >= 4 is 48.5 Å². The second-order valence-corrected chi connectivity index (χ2v) is 9.82. The zero-order chi connectivity index (χ0) is 20.4. The number of carbonyl (C=O) groups excluding carboxylic acids is 1. The predicted octanol–water partition coefficient (Wildman–Crippen LogP) is 4.42. The first-order chi connectivity index (χ1) is 13.9. The van der Waals surface area contributed by atoms with E-state index in [2.05, 4.69) is 26.2 Å². The van der Waals surface area contributed by atoms with Crippen molar-refractivity contribution < 1.29 is 13.2 Å². The van der Waals surface area contributed by atoms with Crippen molar-refractivity contribution in [2.24, 2.45) is 0 Å². The van der Waals surface area contributed by atoms with Crippen molar-refractivity contribution in [3.05, 3.63) is 64.8 Å². The molecule has 1 amide bonds. The van der Waals surface area contributed by atoms with Gasteiger partial charge in [0.05, 0.1) is 16.1 Å². The molecular weight excluding hydrogens is 454 g/mol. The summed E-state index contributed by atoms with van der Waals surface area (Å²) in [4.78, 5) is 17.2. The Kier molecular flexibility index (Phi) is 5.67. The molecule has 1 N–H and O–H groups in total. The molecule has 1 saturated heterocycles. The van der Waals surface area contributed by atoms with Crippen LogP contribution in [0.5, 0.6) is 0 Å². The van der Waals surface area contributed by atoms with Crippen LogP contribution in [0.15, 0.2) is 64.1 Å². The first-order valence-electron chi connectivity index (χ1n) is 9.41. The monoisotopic (exact) mass is 473 g/mol. The average Bonchev–Trinajstić information content (AvgIpc) is 2.75. The molecule has 2 heterocycles. The molecule has 29 heavy (non-hydrogen) atoms. The number of rotatable bonds is 4. The van der Waals surface area contributed by atoms with Crippen LogP contribution in [0.2, 0.25) is 0 Å². The number of pyridine rings is 1. The molecule has 0 atom stereocenters. The zero-order valence-electron chi connectivity index (χ0n) is 15.6. The summed E-state index contributed by atoms with van der Waals surface area (Å²) in [7, 11) is -3.51. The van der Waals surface area contributed by atoms with Crippen LogP contribution in [0.3, 0.4) is 0 Å². The van der Waals surface area contributed by atoms with Gasteiger partial charge < -0.3 is 5.32 Å². The summed E-state index contributed by atoms with van der Waals surface area (Å²) in [5, 5.41) is 3.71. The minimum absolute atomic E-state index is 0.217. The smallest absolute Gasteiger partial charge is 0.255 e. The summed E-state index contributed by atoms with van der Waals surface area (Å²) in [5.41, 5.74) is 1.81. The van der Waals surface area contributed by atoms with Gasteiger partial charge in [-0.1, -0.05) is 22.4 Å². The molecule has 4 rings (SSSR count). The molecule has 0 aliphatic carbocycles. The lowest BCUT2D eigenvalue weighted by Gasteiger charge is -2.25. The van der Waals surface area contributed by atoms with Gasteiger partial charge in [0.15, 0.2) is 0 Å². The second kappa shape index (κ2) is 8.22. The minimum Gasteiger partial charge on any atom is -0.321 e. The molecule has 0 spiro atoms. The number of anilines is 1. The van der Waals surface area contributed by atoms with Crippen LogP contribution in [-0.4, -0.2) is 36.7 Å². The number of halogens is 1. The van der Waals surface area contributed by atoms with E-state index in [1.165, 1.54) is 16.4 Å². The van der Waals surface area contributed by atoms with Crippen LogP contribution in [0, 0.1) is 0 Å². The van der Waals surface area contributed by atoms with Gasteiger partial charge in [0.2, 0.25) is 10.0 Å². The van der Waals surface area contributed by atoms with Gasteiger partial charge in [-0.2, -0.15) is 4.31 Å². The maximum absolute atomic E-state index is 12.8. The molecule has 0 saturated carbocycles. The number of piperidine rings is 1. The van der Waals surface area contributed by atoms with Crippen LogP contribution in [0.4, 0.5) is 5.69 Å². The Morgan fingerprint density at radius 3 is 2.45 bits per heavy atom. The van der Waals surface area contributed by atoms with Gasteiger partial charge in [0, 0.05) is 34.7 Å². The summed E-state index contributed by atoms with van der Waals surface area (Å²) < 4.78 is 27.9. The molecule has 3 aromatic rings. The Bertz CT molecular complexity index is 1160. The normalized spacial score (nSPS) is 15.3. The maximum atomic E-state index is 12.8. The molecule has 150 valence electrons. The quantitative estimate of drug-likeness (QED) is 0.607. The summed E-state index contributed by atoms with van der Waals surface area (Å²) in [6.45, 7) is 1.10. The average molecular weight is 474 g/mol. The summed E-state index contributed by atoms with van der Waals surface area (Å²) in [6, 6.07) is 13.5. The third-order valence-corrected chi connectivity index (χ3v) is 7.43. The topological polar surface area (TPSA) is 79.4 Å². The van der Waals surface area contributed by atoms with E-state index in [1.807, 2.05) is 18.2 Å². The Morgan fingerprint density at radius 1 is 1.00 bits per heavy atom. The van der Waals surface area contributed by atoms with Crippen molar-refractivity contribution in [2.45, 2.75) is 24.2 Å². The minimum atomic E-state index is -3.51. The van der Waals surface area contributed by atoms with Crippen LogP contribution in [-0.2, 0) is 10.0 Å². The summed E-state index contributed by atoms with van der Waals surface area (Å²) >= 11 is 3.44. The van der Waals surface area contributed by atoms with Gasteiger partial charge in [-0.3, -0.25) is 9.78 Å². The lowest BCUT2D eigenvalue weighted by molar-refractivity contribution is 0.102. The standard InChI is InChI=1S/C21H20BrN3O3S/c22-16-6-9-19-18(14-16)20(10-11-23-19)24-21(26)15-4-7-17(8-5-15)29(27,28)25-12-2-1-3-13-25/h4-11,14H,1-3,12-13H2,(H,23,24,26). The van der Waals surface area contributed by atoms with E-state index in [9.17, 15) is 13.2 Å². The lowest BCUT2D eigenvalue weighted by atomic mass is 10.1. The highest BCUT2D eigenvalue weighted by atomic mass is 79.9. The summed E-state index contributed by atoms with van der Waals surface area (Å²) in [5.74, 6) is -0.306. The lowest BCUT2D eigenvalue weighted by Crippen LogP contribution is -2.35. The Hall–Kier alpha value is -2.29. The van der Waals surface area contributed by atoms with Gasteiger partial charge >= 0.3 is 0 Å². The fourth-order valence-electron chi connectivity index (χ4n) is 3.45. The van der Waals surface area contributed by atoms with Crippen LogP contribution in [0.25, 0.3) is 10.9 Å². The van der Waals surface area contributed by atoms with Crippen molar-refractivity contribution in [1.82, 2.24) is 9.29 Å². The molecule has 0 bridgehead atoms. The number of amides is 1. The SMILES string of the molecule is O=C(Nc1ccnc2ccc(Br)cc12)c1ccc(S(=O)(=O)N2CCCCC2)cc1. The Labute approximate surface area is 178 Å². The van der Waals surface area contributed by atoms with Crippen LogP contribution >= 0.6 is 15.9 Å². The van der Waals surface area contributed by atoms with E-state index >= 15 is 0 Å². The van der Waals surface area contributed by atoms with Gasteiger partial charge in [-0.15, -0.1) is 0 Å². The van der Waals surface area contributed by atoms with E-state index in [4.69, 9.17) is 0 Å². The van der Waals surface area contributed by atoms with Gasteiger partial charge in [0.25, 0.3) is 5.91 Å².